The third-order valence-electron chi connectivity index (χ3n) is 4.52. The molecule has 1 heterocycles. The van der Waals surface area contributed by atoms with E-state index < -0.39 is 0 Å². The number of hydrogen-bond acceptors (Lipinski definition) is 5. The minimum Gasteiger partial charge on any atom is -0.495 e. The van der Waals surface area contributed by atoms with Gasteiger partial charge < -0.3 is 15.4 Å². The fourth-order valence-electron chi connectivity index (χ4n) is 2.95. The van der Waals surface area contributed by atoms with Crippen LogP contribution in [0, 0.1) is 0 Å². The van der Waals surface area contributed by atoms with Crippen LogP contribution >= 0.6 is 0 Å². The van der Waals surface area contributed by atoms with E-state index in [9.17, 15) is 9.59 Å². The molecule has 0 bridgehead atoms. The van der Waals surface area contributed by atoms with Crippen molar-refractivity contribution in [3.8, 4) is 5.75 Å². The Labute approximate surface area is 148 Å². The van der Waals surface area contributed by atoms with E-state index in [4.69, 9.17) is 4.74 Å². The molecule has 0 atom stereocenters. The molecule has 1 aromatic carbocycles. The molecule has 0 spiro atoms. The van der Waals surface area contributed by atoms with Gasteiger partial charge in [-0.15, -0.1) is 0 Å². The average Bonchev–Trinajstić information content (AvgIpc) is 3.41. The highest BCUT2D eigenvalue weighted by Crippen LogP contribution is 2.23. The Morgan fingerprint density at radius 3 is 2.24 bits per heavy atom. The first kappa shape index (κ1) is 17.7. The molecule has 0 aromatic heterocycles. The van der Waals surface area contributed by atoms with Crippen molar-refractivity contribution in [2.75, 3.05) is 51.7 Å². The van der Waals surface area contributed by atoms with Crippen molar-refractivity contribution in [1.82, 2.24) is 15.1 Å². The van der Waals surface area contributed by atoms with Gasteiger partial charge in [-0.05, 0) is 25.0 Å². The molecule has 1 aliphatic heterocycles. The second kappa shape index (κ2) is 8.31. The standard InChI is InChI=1S/C18H26N4O3/c1-25-16-5-3-2-4-15(16)20-18(24)13-22-10-8-21(9-11-22)12-17(23)19-14-6-7-14/h2-5,14H,6-13H2,1H3,(H,19,23)(H,20,24). The molecule has 136 valence electrons. The summed E-state index contributed by atoms with van der Waals surface area (Å²) in [4.78, 5) is 28.3. The Bertz CT molecular complexity index is 610. The normalized spacial score (nSPS) is 18.6. The fourth-order valence-corrected chi connectivity index (χ4v) is 2.95. The highest BCUT2D eigenvalue weighted by molar-refractivity contribution is 5.93. The van der Waals surface area contributed by atoms with E-state index in [1.807, 2.05) is 24.3 Å². The molecule has 2 aliphatic rings. The van der Waals surface area contributed by atoms with E-state index in [1.165, 1.54) is 0 Å². The summed E-state index contributed by atoms with van der Waals surface area (Å²) in [7, 11) is 1.59. The molecule has 1 saturated carbocycles. The molecule has 1 saturated heterocycles. The van der Waals surface area contributed by atoms with Crippen molar-refractivity contribution in [2.24, 2.45) is 0 Å². The molecule has 7 heteroatoms. The van der Waals surface area contributed by atoms with Crippen LogP contribution in [0.4, 0.5) is 5.69 Å². The average molecular weight is 346 g/mol. The monoisotopic (exact) mass is 346 g/mol. The van der Waals surface area contributed by atoms with Gasteiger partial charge in [-0.25, -0.2) is 0 Å². The highest BCUT2D eigenvalue weighted by atomic mass is 16.5. The van der Waals surface area contributed by atoms with E-state index in [0.717, 1.165) is 39.0 Å². The van der Waals surface area contributed by atoms with Gasteiger partial charge in [0.05, 0.1) is 25.9 Å². The third-order valence-corrected chi connectivity index (χ3v) is 4.52. The van der Waals surface area contributed by atoms with Gasteiger partial charge >= 0.3 is 0 Å². The minimum absolute atomic E-state index is 0.0515. The van der Waals surface area contributed by atoms with E-state index in [-0.39, 0.29) is 11.8 Å². The number of ether oxygens (including phenoxy) is 1. The van der Waals surface area contributed by atoms with Crippen molar-refractivity contribution >= 4 is 17.5 Å². The molecule has 1 aromatic rings. The number of methoxy groups -OCH3 is 1. The zero-order chi connectivity index (χ0) is 17.6. The van der Waals surface area contributed by atoms with Gasteiger partial charge in [-0.1, -0.05) is 12.1 Å². The molecule has 2 fully saturated rings. The van der Waals surface area contributed by atoms with Crippen LogP contribution in [-0.2, 0) is 9.59 Å². The van der Waals surface area contributed by atoms with Gasteiger partial charge in [0.1, 0.15) is 5.75 Å². The van der Waals surface area contributed by atoms with Crippen molar-refractivity contribution in [3.63, 3.8) is 0 Å². The number of nitrogens with zero attached hydrogens (tertiary/aromatic N) is 2. The van der Waals surface area contributed by atoms with Crippen molar-refractivity contribution < 1.29 is 14.3 Å². The number of benzene rings is 1. The van der Waals surface area contributed by atoms with Gasteiger partial charge in [-0.2, -0.15) is 0 Å². The first-order valence-electron chi connectivity index (χ1n) is 8.81. The van der Waals surface area contributed by atoms with Gasteiger partial charge in [0.25, 0.3) is 0 Å². The summed E-state index contributed by atoms with van der Waals surface area (Å²) < 4.78 is 5.25. The Morgan fingerprint density at radius 1 is 1.04 bits per heavy atom. The van der Waals surface area contributed by atoms with E-state index >= 15 is 0 Å². The summed E-state index contributed by atoms with van der Waals surface area (Å²) in [5.41, 5.74) is 0.686. The zero-order valence-electron chi connectivity index (χ0n) is 14.7. The molecule has 0 unspecified atom stereocenters. The molecule has 7 nitrogen and oxygen atoms in total. The topological polar surface area (TPSA) is 73.9 Å². The Balaban J connectivity index is 1.39. The first-order chi connectivity index (χ1) is 12.1. The summed E-state index contributed by atoms with van der Waals surface area (Å²) in [5.74, 6) is 0.719. The Hall–Kier alpha value is -2.12. The number of rotatable bonds is 7. The predicted molar refractivity (Wildman–Crippen MR) is 95.7 cm³/mol. The van der Waals surface area contributed by atoms with Crippen LogP contribution in [0.3, 0.4) is 0 Å². The first-order valence-corrected chi connectivity index (χ1v) is 8.81. The SMILES string of the molecule is COc1ccccc1NC(=O)CN1CCN(CC(=O)NC2CC2)CC1. The molecule has 2 N–H and O–H groups in total. The number of anilines is 1. The van der Waals surface area contributed by atoms with Crippen LogP contribution in [0.25, 0.3) is 0 Å². The maximum atomic E-state index is 12.3. The zero-order valence-corrected chi connectivity index (χ0v) is 14.7. The molecule has 1 aliphatic carbocycles. The smallest absolute Gasteiger partial charge is 0.238 e. The Morgan fingerprint density at radius 2 is 1.64 bits per heavy atom. The summed E-state index contributed by atoms with van der Waals surface area (Å²) in [6, 6.07) is 7.79. The molecule has 0 radical (unpaired) electrons. The summed E-state index contributed by atoms with van der Waals surface area (Å²) in [6.45, 7) is 3.99. The van der Waals surface area contributed by atoms with Crippen LogP contribution in [0.2, 0.25) is 0 Å². The lowest BCUT2D eigenvalue weighted by molar-refractivity contribution is -0.123. The number of para-hydroxylation sites is 2. The number of piperazine rings is 1. The number of hydrogen-bond donors (Lipinski definition) is 2. The van der Waals surface area contributed by atoms with Gasteiger partial charge in [-0.3, -0.25) is 19.4 Å². The fraction of sp³-hybridized carbons (Fsp3) is 0.556. The van der Waals surface area contributed by atoms with Gasteiger partial charge in [0, 0.05) is 32.2 Å². The quantitative estimate of drug-likeness (QED) is 0.753. The summed E-state index contributed by atoms with van der Waals surface area (Å²) in [5, 5.41) is 5.91. The number of nitrogens with one attached hydrogen (secondary N) is 2. The van der Waals surface area contributed by atoms with Gasteiger partial charge in [0.2, 0.25) is 11.8 Å². The Kier molecular flexibility index (Phi) is 5.88. The molecule has 3 rings (SSSR count). The van der Waals surface area contributed by atoms with Crippen molar-refractivity contribution in [3.05, 3.63) is 24.3 Å². The van der Waals surface area contributed by atoms with E-state index in [0.29, 0.717) is 30.6 Å². The molecular formula is C18H26N4O3. The lowest BCUT2D eigenvalue weighted by atomic mass is 10.2. The lowest BCUT2D eigenvalue weighted by Crippen LogP contribution is -2.51. The molecular weight excluding hydrogens is 320 g/mol. The van der Waals surface area contributed by atoms with E-state index in [2.05, 4.69) is 20.4 Å². The van der Waals surface area contributed by atoms with Crippen LogP contribution in [0.5, 0.6) is 5.75 Å². The van der Waals surface area contributed by atoms with Crippen LogP contribution in [0.15, 0.2) is 24.3 Å². The number of carbonyl (C=O) groups is 2. The van der Waals surface area contributed by atoms with Crippen LogP contribution < -0.4 is 15.4 Å². The summed E-state index contributed by atoms with van der Waals surface area (Å²) >= 11 is 0. The maximum absolute atomic E-state index is 12.3. The van der Waals surface area contributed by atoms with Gasteiger partial charge in [0.15, 0.2) is 0 Å². The van der Waals surface area contributed by atoms with Crippen LogP contribution in [-0.4, -0.2) is 74.0 Å². The molecule has 2 amide bonds. The van der Waals surface area contributed by atoms with Crippen molar-refractivity contribution in [1.29, 1.82) is 0 Å². The largest absolute Gasteiger partial charge is 0.495 e. The molecule has 25 heavy (non-hydrogen) atoms. The van der Waals surface area contributed by atoms with E-state index in [1.54, 1.807) is 7.11 Å². The highest BCUT2D eigenvalue weighted by Gasteiger charge is 2.25. The number of amides is 2. The van der Waals surface area contributed by atoms with Crippen LogP contribution in [0.1, 0.15) is 12.8 Å². The number of carbonyl (C=O) groups excluding carboxylic acids is 2. The summed E-state index contributed by atoms with van der Waals surface area (Å²) in [6.07, 6.45) is 2.22. The lowest BCUT2D eigenvalue weighted by Gasteiger charge is -2.33. The minimum atomic E-state index is -0.0515. The second-order valence-electron chi connectivity index (χ2n) is 6.64. The second-order valence-corrected chi connectivity index (χ2v) is 6.64. The maximum Gasteiger partial charge on any atom is 0.238 e. The third kappa shape index (κ3) is 5.44. The van der Waals surface area contributed by atoms with Crippen molar-refractivity contribution in [2.45, 2.75) is 18.9 Å². The predicted octanol–water partition coefficient (Wildman–Crippen LogP) is 0.530.